The van der Waals surface area contributed by atoms with Crippen molar-refractivity contribution in [3.8, 4) is 5.88 Å². The summed E-state index contributed by atoms with van der Waals surface area (Å²) in [4.78, 5) is 17.3. The Morgan fingerprint density at radius 3 is 2.48 bits per heavy atom. The first-order valence-corrected chi connectivity index (χ1v) is 7.99. The first-order valence-electron chi connectivity index (χ1n) is 7.99. The van der Waals surface area contributed by atoms with Crippen molar-refractivity contribution in [3.63, 3.8) is 0 Å². The molecule has 0 radical (unpaired) electrons. The lowest BCUT2D eigenvalue weighted by atomic mass is 10.1. The third kappa shape index (κ3) is 2.78. The molecular formula is C21H16N2O2. The monoisotopic (exact) mass is 328 g/mol. The van der Waals surface area contributed by atoms with E-state index in [-0.39, 0.29) is 5.91 Å². The van der Waals surface area contributed by atoms with E-state index in [0.29, 0.717) is 11.4 Å². The summed E-state index contributed by atoms with van der Waals surface area (Å²) in [7, 11) is 1.55. The Kier molecular flexibility index (Phi) is 3.78. The number of para-hydroxylation sites is 1. The Bertz CT molecular complexity index is 1080. The standard InChI is InChI=1S/C21H16N2O2/c1-25-20-13-17(16-10-4-5-11-19(16)22-20)21(24)23-18-12-6-8-14-7-2-3-9-15(14)18/h2-13H,1H3,(H,23,24). The molecule has 0 saturated heterocycles. The SMILES string of the molecule is COc1cc(C(=O)Nc2cccc3ccccc23)c2ccccc2n1. The molecule has 4 nitrogen and oxygen atoms in total. The number of ether oxygens (including phenoxy) is 1. The van der Waals surface area contributed by atoms with Gasteiger partial charge in [0.1, 0.15) is 0 Å². The van der Waals surface area contributed by atoms with E-state index in [4.69, 9.17) is 4.74 Å². The number of pyridine rings is 1. The predicted molar refractivity (Wildman–Crippen MR) is 100 cm³/mol. The second-order valence-corrected chi connectivity index (χ2v) is 5.71. The van der Waals surface area contributed by atoms with Gasteiger partial charge in [-0.05, 0) is 17.5 Å². The smallest absolute Gasteiger partial charge is 0.256 e. The molecule has 4 rings (SSSR count). The van der Waals surface area contributed by atoms with Crippen molar-refractivity contribution in [2.45, 2.75) is 0 Å². The number of rotatable bonds is 3. The summed E-state index contributed by atoms with van der Waals surface area (Å²) >= 11 is 0. The molecule has 0 fully saturated rings. The van der Waals surface area contributed by atoms with Crippen LogP contribution < -0.4 is 10.1 Å². The minimum Gasteiger partial charge on any atom is -0.481 e. The van der Waals surface area contributed by atoms with Gasteiger partial charge in [0.15, 0.2) is 0 Å². The van der Waals surface area contributed by atoms with Crippen molar-refractivity contribution in [1.29, 1.82) is 0 Å². The zero-order valence-corrected chi connectivity index (χ0v) is 13.7. The van der Waals surface area contributed by atoms with Gasteiger partial charge in [-0.2, -0.15) is 0 Å². The topological polar surface area (TPSA) is 51.2 Å². The van der Waals surface area contributed by atoms with E-state index < -0.39 is 0 Å². The molecule has 122 valence electrons. The van der Waals surface area contributed by atoms with Crippen molar-refractivity contribution in [2.75, 3.05) is 12.4 Å². The van der Waals surface area contributed by atoms with Crippen LogP contribution in [0.4, 0.5) is 5.69 Å². The number of hydrogen-bond acceptors (Lipinski definition) is 3. The molecule has 25 heavy (non-hydrogen) atoms. The van der Waals surface area contributed by atoms with E-state index in [0.717, 1.165) is 27.4 Å². The molecule has 3 aromatic carbocycles. The van der Waals surface area contributed by atoms with Crippen molar-refractivity contribution < 1.29 is 9.53 Å². The van der Waals surface area contributed by atoms with Gasteiger partial charge < -0.3 is 10.1 Å². The number of aromatic nitrogens is 1. The second-order valence-electron chi connectivity index (χ2n) is 5.71. The molecule has 4 aromatic rings. The number of amides is 1. The van der Waals surface area contributed by atoms with Crippen molar-refractivity contribution in [2.24, 2.45) is 0 Å². The molecule has 1 heterocycles. The zero-order valence-electron chi connectivity index (χ0n) is 13.7. The quantitative estimate of drug-likeness (QED) is 0.595. The van der Waals surface area contributed by atoms with Crippen LogP contribution >= 0.6 is 0 Å². The van der Waals surface area contributed by atoms with Crippen LogP contribution in [0.2, 0.25) is 0 Å². The van der Waals surface area contributed by atoms with E-state index in [1.54, 1.807) is 13.2 Å². The van der Waals surface area contributed by atoms with Crippen molar-refractivity contribution in [3.05, 3.63) is 78.4 Å². The summed E-state index contributed by atoms with van der Waals surface area (Å²) in [5, 5.41) is 5.90. The fraction of sp³-hybridized carbons (Fsp3) is 0.0476. The van der Waals surface area contributed by atoms with E-state index in [1.165, 1.54) is 0 Å². The van der Waals surface area contributed by atoms with E-state index in [1.807, 2.05) is 66.7 Å². The maximum absolute atomic E-state index is 12.9. The summed E-state index contributed by atoms with van der Waals surface area (Å²) in [6.07, 6.45) is 0. The summed E-state index contributed by atoms with van der Waals surface area (Å²) < 4.78 is 5.24. The lowest BCUT2D eigenvalue weighted by molar-refractivity contribution is 0.102. The first-order chi connectivity index (χ1) is 12.3. The lowest BCUT2D eigenvalue weighted by Gasteiger charge is -2.11. The zero-order chi connectivity index (χ0) is 17.2. The number of hydrogen-bond donors (Lipinski definition) is 1. The number of fused-ring (bicyclic) bond motifs is 2. The van der Waals surface area contributed by atoms with Crippen LogP contribution in [-0.4, -0.2) is 18.0 Å². The lowest BCUT2D eigenvalue weighted by Crippen LogP contribution is -2.13. The number of methoxy groups -OCH3 is 1. The number of nitrogens with zero attached hydrogens (tertiary/aromatic N) is 1. The molecule has 0 bridgehead atoms. The average molecular weight is 328 g/mol. The third-order valence-corrected chi connectivity index (χ3v) is 4.18. The second kappa shape index (κ2) is 6.24. The maximum Gasteiger partial charge on any atom is 0.256 e. The number of anilines is 1. The van der Waals surface area contributed by atoms with Crippen LogP contribution in [0.1, 0.15) is 10.4 Å². The van der Waals surface area contributed by atoms with Crippen molar-refractivity contribution >= 4 is 33.3 Å². The molecule has 0 unspecified atom stereocenters. The van der Waals surface area contributed by atoms with E-state index >= 15 is 0 Å². The predicted octanol–water partition coefficient (Wildman–Crippen LogP) is 4.65. The van der Waals surface area contributed by atoms with Gasteiger partial charge in [0.05, 0.1) is 18.2 Å². The summed E-state index contributed by atoms with van der Waals surface area (Å²) in [5.41, 5.74) is 2.04. The fourth-order valence-electron chi connectivity index (χ4n) is 2.97. The number of benzene rings is 3. The summed E-state index contributed by atoms with van der Waals surface area (Å²) in [6.45, 7) is 0. The largest absolute Gasteiger partial charge is 0.481 e. The van der Waals surface area contributed by atoms with Crippen LogP contribution in [0, 0.1) is 0 Å². The van der Waals surface area contributed by atoms with Gasteiger partial charge >= 0.3 is 0 Å². The summed E-state index contributed by atoms with van der Waals surface area (Å²) in [5.74, 6) is 0.232. The van der Waals surface area contributed by atoms with Gasteiger partial charge in [0, 0.05) is 22.5 Å². The minimum atomic E-state index is -0.187. The van der Waals surface area contributed by atoms with Crippen LogP contribution in [0.5, 0.6) is 5.88 Å². The Hall–Kier alpha value is -3.40. The Morgan fingerprint density at radius 2 is 1.64 bits per heavy atom. The summed E-state index contributed by atoms with van der Waals surface area (Å²) in [6, 6.07) is 23.0. The number of carbonyl (C=O) groups excluding carboxylic acids is 1. The van der Waals surface area contributed by atoms with E-state index in [9.17, 15) is 4.79 Å². The Labute approximate surface area is 145 Å². The highest BCUT2D eigenvalue weighted by Gasteiger charge is 2.14. The molecule has 1 amide bonds. The Morgan fingerprint density at radius 1 is 0.920 bits per heavy atom. The van der Waals surface area contributed by atoms with Crippen LogP contribution in [0.3, 0.4) is 0 Å². The van der Waals surface area contributed by atoms with Gasteiger partial charge in [0.25, 0.3) is 5.91 Å². The highest BCUT2D eigenvalue weighted by Crippen LogP contribution is 2.26. The van der Waals surface area contributed by atoms with Gasteiger partial charge in [-0.1, -0.05) is 54.6 Å². The minimum absolute atomic E-state index is 0.187. The van der Waals surface area contributed by atoms with Gasteiger partial charge in [-0.25, -0.2) is 4.98 Å². The highest BCUT2D eigenvalue weighted by molar-refractivity contribution is 6.15. The molecule has 0 aliphatic heterocycles. The normalized spacial score (nSPS) is 10.8. The van der Waals surface area contributed by atoms with Gasteiger partial charge in [-0.3, -0.25) is 4.79 Å². The molecule has 0 spiro atoms. The average Bonchev–Trinajstić information content (AvgIpc) is 2.67. The molecular weight excluding hydrogens is 312 g/mol. The van der Waals surface area contributed by atoms with E-state index in [2.05, 4.69) is 10.3 Å². The van der Waals surface area contributed by atoms with Crippen LogP contribution in [0.15, 0.2) is 72.8 Å². The molecule has 4 heteroatoms. The number of nitrogens with one attached hydrogen (secondary N) is 1. The van der Waals surface area contributed by atoms with Crippen LogP contribution in [0.25, 0.3) is 21.7 Å². The molecule has 1 aromatic heterocycles. The third-order valence-electron chi connectivity index (χ3n) is 4.18. The van der Waals surface area contributed by atoms with Crippen molar-refractivity contribution in [1.82, 2.24) is 4.98 Å². The maximum atomic E-state index is 12.9. The Balaban J connectivity index is 1.80. The van der Waals surface area contributed by atoms with Gasteiger partial charge in [0.2, 0.25) is 5.88 Å². The highest BCUT2D eigenvalue weighted by atomic mass is 16.5. The molecule has 0 aliphatic rings. The first kappa shape index (κ1) is 15.1. The fourth-order valence-corrected chi connectivity index (χ4v) is 2.97. The van der Waals surface area contributed by atoms with Crippen LogP contribution in [-0.2, 0) is 0 Å². The molecule has 0 aliphatic carbocycles. The molecule has 0 saturated carbocycles. The van der Waals surface area contributed by atoms with Gasteiger partial charge in [-0.15, -0.1) is 0 Å². The molecule has 0 atom stereocenters. The number of carbonyl (C=O) groups is 1. The molecule has 1 N–H and O–H groups in total.